The van der Waals surface area contributed by atoms with Crippen molar-refractivity contribution in [2.75, 3.05) is 39.6 Å². The molecule has 186 valence electrons. The molecule has 5 heteroatoms. The van der Waals surface area contributed by atoms with E-state index in [0.29, 0.717) is 19.8 Å². The molecule has 0 aliphatic rings. The fourth-order valence-electron chi connectivity index (χ4n) is 3.88. The molecule has 0 heterocycles. The van der Waals surface area contributed by atoms with E-state index in [0.717, 1.165) is 51.2 Å². The van der Waals surface area contributed by atoms with Gasteiger partial charge in [-0.1, -0.05) is 72.1 Å². The van der Waals surface area contributed by atoms with Crippen LogP contribution in [0.2, 0.25) is 0 Å². The minimum Gasteiger partial charge on any atom is -0.379 e. The molecule has 0 aliphatic carbocycles. The Morgan fingerprint density at radius 1 is 0.710 bits per heavy atom. The van der Waals surface area contributed by atoms with Gasteiger partial charge in [0.1, 0.15) is 6.61 Å². The Hall–Kier alpha value is -0.650. The molecule has 0 saturated carbocycles. The maximum absolute atomic E-state index is 11.7. The van der Waals surface area contributed by atoms with Crippen molar-refractivity contribution in [3.63, 3.8) is 0 Å². The van der Waals surface area contributed by atoms with Gasteiger partial charge in [-0.05, 0) is 44.9 Å². The number of amides is 1. The molecule has 1 amide bonds. The van der Waals surface area contributed by atoms with Crippen LogP contribution in [0.4, 0.5) is 0 Å². The summed E-state index contributed by atoms with van der Waals surface area (Å²) in [4.78, 5) is 11.7. The average molecular weight is 444 g/mol. The fourth-order valence-corrected chi connectivity index (χ4v) is 3.88. The van der Waals surface area contributed by atoms with Crippen molar-refractivity contribution < 1.29 is 19.0 Å². The molecule has 0 spiro atoms. The van der Waals surface area contributed by atoms with Crippen molar-refractivity contribution in [2.45, 2.75) is 117 Å². The van der Waals surface area contributed by atoms with Crippen molar-refractivity contribution >= 4 is 5.91 Å². The Balaban J connectivity index is 3.27. The second kappa shape index (κ2) is 24.0. The van der Waals surface area contributed by atoms with Crippen molar-refractivity contribution in [3.05, 3.63) is 0 Å². The van der Waals surface area contributed by atoms with Gasteiger partial charge in [-0.3, -0.25) is 4.79 Å². The maximum Gasteiger partial charge on any atom is 0.246 e. The lowest BCUT2D eigenvalue weighted by atomic mass is 9.92. The summed E-state index contributed by atoms with van der Waals surface area (Å²) in [6, 6.07) is 0. The third-order valence-corrected chi connectivity index (χ3v) is 5.65. The number of ether oxygens (including phenoxy) is 3. The van der Waals surface area contributed by atoms with Crippen LogP contribution in [0, 0.1) is 5.92 Å². The van der Waals surface area contributed by atoms with Gasteiger partial charge in [0.25, 0.3) is 0 Å². The third kappa shape index (κ3) is 22.3. The minimum absolute atomic E-state index is 0.0157. The normalized spacial score (nSPS) is 12.4. The second-order valence-corrected chi connectivity index (χ2v) is 8.84. The SMILES string of the molecule is CCCC(CCC)CCCCCOCCOCCCCCNC(=O)COC(C)CCC. The zero-order valence-corrected chi connectivity index (χ0v) is 21.2. The Bertz CT molecular complexity index is 372. The summed E-state index contributed by atoms with van der Waals surface area (Å²) < 4.78 is 16.8. The Kier molecular flexibility index (Phi) is 23.5. The molecule has 1 N–H and O–H groups in total. The molecule has 1 atom stereocenters. The van der Waals surface area contributed by atoms with Gasteiger partial charge in [-0.2, -0.15) is 0 Å². The summed E-state index contributed by atoms with van der Waals surface area (Å²) in [5.74, 6) is 0.923. The number of carbonyl (C=O) groups excluding carboxylic acids is 1. The van der Waals surface area contributed by atoms with E-state index in [1.807, 2.05) is 6.92 Å². The summed E-state index contributed by atoms with van der Waals surface area (Å²) >= 11 is 0. The first-order chi connectivity index (χ1) is 15.1. The summed E-state index contributed by atoms with van der Waals surface area (Å²) in [6.45, 7) is 12.6. The van der Waals surface area contributed by atoms with E-state index >= 15 is 0 Å². The molecule has 0 saturated heterocycles. The molecule has 0 fully saturated rings. The lowest BCUT2D eigenvalue weighted by Crippen LogP contribution is -2.30. The topological polar surface area (TPSA) is 56.8 Å². The van der Waals surface area contributed by atoms with Gasteiger partial charge in [0, 0.05) is 19.8 Å². The highest BCUT2D eigenvalue weighted by Gasteiger charge is 2.06. The highest BCUT2D eigenvalue weighted by atomic mass is 16.5. The van der Waals surface area contributed by atoms with Gasteiger partial charge >= 0.3 is 0 Å². The zero-order valence-electron chi connectivity index (χ0n) is 21.2. The largest absolute Gasteiger partial charge is 0.379 e. The lowest BCUT2D eigenvalue weighted by molar-refractivity contribution is -0.127. The van der Waals surface area contributed by atoms with Gasteiger partial charge in [-0.25, -0.2) is 0 Å². The lowest BCUT2D eigenvalue weighted by Gasteiger charge is -2.14. The highest BCUT2D eigenvalue weighted by molar-refractivity contribution is 5.77. The molecule has 1 unspecified atom stereocenters. The van der Waals surface area contributed by atoms with Gasteiger partial charge < -0.3 is 19.5 Å². The molecule has 0 aliphatic heterocycles. The predicted molar refractivity (Wildman–Crippen MR) is 131 cm³/mol. The summed E-state index contributed by atoms with van der Waals surface area (Å²) in [5.41, 5.74) is 0. The third-order valence-electron chi connectivity index (χ3n) is 5.65. The Morgan fingerprint density at radius 2 is 1.29 bits per heavy atom. The number of nitrogens with one attached hydrogen (secondary N) is 1. The summed E-state index contributed by atoms with van der Waals surface area (Å²) in [5, 5.41) is 2.91. The Labute approximate surface area is 193 Å². The van der Waals surface area contributed by atoms with Gasteiger partial charge in [-0.15, -0.1) is 0 Å². The molecule has 5 nitrogen and oxygen atoms in total. The van der Waals surface area contributed by atoms with Crippen molar-refractivity contribution in [3.8, 4) is 0 Å². The van der Waals surface area contributed by atoms with Crippen LogP contribution in [0.15, 0.2) is 0 Å². The highest BCUT2D eigenvalue weighted by Crippen LogP contribution is 2.20. The van der Waals surface area contributed by atoms with Crippen molar-refractivity contribution in [1.29, 1.82) is 0 Å². The second-order valence-electron chi connectivity index (χ2n) is 8.84. The number of unbranched alkanes of at least 4 members (excludes halogenated alkanes) is 4. The van der Waals surface area contributed by atoms with Crippen molar-refractivity contribution in [1.82, 2.24) is 5.32 Å². The van der Waals surface area contributed by atoms with Crippen LogP contribution in [0.5, 0.6) is 0 Å². The van der Waals surface area contributed by atoms with Gasteiger partial charge in [0.05, 0.1) is 19.3 Å². The van der Waals surface area contributed by atoms with E-state index in [2.05, 4.69) is 26.1 Å². The zero-order chi connectivity index (χ0) is 23.0. The van der Waals surface area contributed by atoms with E-state index in [-0.39, 0.29) is 18.6 Å². The van der Waals surface area contributed by atoms with Gasteiger partial charge in [0.15, 0.2) is 0 Å². The molecule has 31 heavy (non-hydrogen) atoms. The molecule has 0 aromatic heterocycles. The standard InChI is InChI=1S/C26H53NO4/c1-5-14-24(4)31-23-26(28)27-18-11-9-13-20-30-22-21-29-19-12-8-10-17-25(15-6-2)16-7-3/h24-25H,5-23H2,1-4H3,(H,27,28). The first-order valence-electron chi connectivity index (χ1n) is 13.2. The van der Waals surface area contributed by atoms with Crippen LogP contribution in [-0.4, -0.2) is 51.6 Å². The number of hydrogen-bond donors (Lipinski definition) is 1. The predicted octanol–water partition coefficient (Wildman–Crippen LogP) is 6.29. The average Bonchev–Trinajstić information content (AvgIpc) is 2.75. The fraction of sp³-hybridized carbons (Fsp3) is 0.962. The number of carbonyl (C=O) groups is 1. The first-order valence-corrected chi connectivity index (χ1v) is 13.2. The van der Waals surface area contributed by atoms with Crippen LogP contribution in [-0.2, 0) is 19.0 Å². The molecular formula is C26H53NO4. The quantitative estimate of drug-likeness (QED) is 0.178. The van der Waals surface area contributed by atoms with E-state index in [1.54, 1.807) is 0 Å². The van der Waals surface area contributed by atoms with E-state index in [4.69, 9.17) is 14.2 Å². The summed E-state index contributed by atoms with van der Waals surface area (Å²) in [7, 11) is 0. The molecular weight excluding hydrogens is 390 g/mol. The molecule has 0 bridgehead atoms. The van der Waals surface area contributed by atoms with Crippen molar-refractivity contribution in [2.24, 2.45) is 5.92 Å². The van der Waals surface area contributed by atoms with Crippen LogP contribution in [0.25, 0.3) is 0 Å². The number of hydrogen-bond acceptors (Lipinski definition) is 4. The first kappa shape index (κ1) is 30.4. The summed E-state index contributed by atoms with van der Waals surface area (Å²) in [6.07, 6.45) is 15.9. The van der Waals surface area contributed by atoms with Crippen LogP contribution < -0.4 is 5.32 Å². The van der Waals surface area contributed by atoms with E-state index in [9.17, 15) is 4.79 Å². The van der Waals surface area contributed by atoms with Crippen LogP contribution in [0.1, 0.15) is 111 Å². The Morgan fingerprint density at radius 3 is 1.87 bits per heavy atom. The maximum atomic E-state index is 11.7. The molecule has 0 rings (SSSR count). The van der Waals surface area contributed by atoms with Crippen LogP contribution >= 0.6 is 0 Å². The van der Waals surface area contributed by atoms with Gasteiger partial charge in [0.2, 0.25) is 5.91 Å². The minimum atomic E-state index is -0.0157. The number of rotatable bonds is 24. The van der Waals surface area contributed by atoms with Crippen LogP contribution in [0.3, 0.4) is 0 Å². The molecule has 0 radical (unpaired) electrons. The molecule has 0 aromatic carbocycles. The van der Waals surface area contributed by atoms with E-state index in [1.165, 1.54) is 51.4 Å². The smallest absolute Gasteiger partial charge is 0.246 e. The molecule has 0 aromatic rings. The van der Waals surface area contributed by atoms with E-state index < -0.39 is 0 Å². The monoisotopic (exact) mass is 443 g/mol.